The van der Waals surface area contributed by atoms with Gasteiger partial charge in [-0.05, 0) is 65.4 Å². The number of hydrogen-bond donors (Lipinski definition) is 0. The monoisotopic (exact) mass is 499 g/mol. The zero-order valence-corrected chi connectivity index (χ0v) is 19.7. The first-order valence-corrected chi connectivity index (χ1v) is 11.7. The predicted octanol–water partition coefficient (Wildman–Crippen LogP) is 6.69. The highest BCUT2D eigenvalue weighted by molar-refractivity contribution is 8.18. The molecule has 0 aliphatic carbocycles. The van der Waals surface area contributed by atoms with Gasteiger partial charge < -0.3 is 9.47 Å². The Morgan fingerprint density at radius 2 is 1.58 bits per heavy atom. The summed E-state index contributed by atoms with van der Waals surface area (Å²) in [6.07, 6.45) is 1.70. The van der Waals surface area contributed by atoms with E-state index in [0.29, 0.717) is 33.1 Å². The Balaban J connectivity index is 1.32. The number of rotatable bonds is 8. The van der Waals surface area contributed by atoms with Gasteiger partial charge in [-0.15, -0.1) is 0 Å². The molecule has 33 heavy (non-hydrogen) atoms. The molecule has 0 bridgehead atoms. The molecule has 1 aliphatic rings. The smallest absolute Gasteiger partial charge is 0.293 e. The third-order valence-corrected chi connectivity index (χ3v) is 6.41. The molecular weight excluding hydrogens is 481 g/mol. The minimum Gasteiger partial charge on any atom is -0.492 e. The van der Waals surface area contributed by atoms with Crippen LogP contribution in [-0.4, -0.2) is 29.2 Å². The van der Waals surface area contributed by atoms with Gasteiger partial charge in [-0.25, -0.2) is 0 Å². The number of imide groups is 1. The lowest BCUT2D eigenvalue weighted by Gasteiger charge is -2.13. The summed E-state index contributed by atoms with van der Waals surface area (Å²) in [5, 5.41) is 0.677. The number of ether oxygens (including phenoxy) is 2. The number of carbonyl (C=O) groups excluding carboxylic acids is 2. The van der Waals surface area contributed by atoms with E-state index in [0.717, 1.165) is 22.9 Å². The minimum atomic E-state index is -0.318. The van der Waals surface area contributed by atoms with Crippen molar-refractivity contribution in [3.05, 3.63) is 98.9 Å². The maximum Gasteiger partial charge on any atom is 0.293 e. The number of thioether (sulfide) groups is 1. The number of carbonyl (C=O) groups is 2. The lowest BCUT2D eigenvalue weighted by atomic mass is 10.2. The number of nitrogens with zero attached hydrogens (tertiary/aromatic N) is 1. The quantitative estimate of drug-likeness (QED) is 0.323. The molecule has 0 aromatic heterocycles. The summed E-state index contributed by atoms with van der Waals surface area (Å²) in [5.74, 6) is 1.05. The van der Waals surface area contributed by atoms with Gasteiger partial charge in [0.1, 0.15) is 24.7 Å². The summed E-state index contributed by atoms with van der Waals surface area (Å²) >= 11 is 12.9. The van der Waals surface area contributed by atoms with E-state index >= 15 is 0 Å². The average Bonchev–Trinajstić information content (AvgIpc) is 3.09. The second-order valence-electron chi connectivity index (χ2n) is 7.10. The Bertz CT molecular complexity index is 1180. The van der Waals surface area contributed by atoms with Crippen LogP contribution in [0, 0.1) is 0 Å². The summed E-state index contributed by atoms with van der Waals surface area (Å²) in [7, 11) is 0. The first-order chi connectivity index (χ1) is 16.0. The summed E-state index contributed by atoms with van der Waals surface area (Å²) in [6.45, 7) is 0.777. The van der Waals surface area contributed by atoms with Gasteiger partial charge in [-0.3, -0.25) is 14.5 Å². The molecule has 0 saturated carbocycles. The minimum absolute atomic E-state index is 0.193. The van der Waals surface area contributed by atoms with Crippen LogP contribution in [0.1, 0.15) is 11.1 Å². The van der Waals surface area contributed by atoms with Crippen LogP contribution in [0.15, 0.2) is 77.7 Å². The van der Waals surface area contributed by atoms with Crippen molar-refractivity contribution in [3.63, 3.8) is 0 Å². The third-order valence-electron chi connectivity index (χ3n) is 4.77. The topological polar surface area (TPSA) is 55.8 Å². The standard InChI is InChI=1S/C25H19Cl2NO4S/c26-21-11-8-18(14-22(21)27)16-32-20-9-6-17(7-10-20)15-23-24(29)28(25(30)33-23)12-13-31-19-4-2-1-3-5-19/h1-11,14-15H,12-13,16H2/b23-15-. The van der Waals surface area contributed by atoms with Crippen molar-refractivity contribution in [1.82, 2.24) is 4.90 Å². The SMILES string of the molecule is O=C1S/C(=C\c2ccc(OCc3ccc(Cl)c(Cl)c3)cc2)C(=O)N1CCOc1ccccc1. The Labute approximate surface area is 205 Å². The van der Waals surface area contributed by atoms with Crippen molar-refractivity contribution >= 4 is 52.2 Å². The summed E-state index contributed by atoms with van der Waals surface area (Å²) < 4.78 is 11.4. The Kier molecular flexibility index (Phi) is 7.60. The van der Waals surface area contributed by atoms with Gasteiger partial charge in [0.15, 0.2) is 0 Å². The molecule has 168 valence electrons. The van der Waals surface area contributed by atoms with Crippen LogP contribution in [-0.2, 0) is 11.4 Å². The summed E-state index contributed by atoms with van der Waals surface area (Å²) in [4.78, 5) is 26.5. The van der Waals surface area contributed by atoms with E-state index in [2.05, 4.69) is 0 Å². The van der Waals surface area contributed by atoms with Crippen LogP contribution in [0.3, 0.4) is 0 Å². The van der Waals surface area contributed by atoms with Crippen LogP contribution in [0.2, 0.25) is 10.0 Å². The molecule has 0 N–H and O–H groups in total. The molecule has 0 unspecified atom stereocenters. The maximum absolute atomic E-state index is 12.7. The number of hydrogen-bond acceptors (Lipinski definition) is 5. The fraction of sp³-hybridized carbons (Fsp3) is 0.120. The lowest BCUT2D eigenvalue weighted by molar-refractivity contribution is -0.123. The molecule has 5 nitrogen and oxygen atoms in total. The zero-order valence-electron chi connectivity index (χ0n) is 17.4. The molecule has 3 aromatic rings. The first-order valence-electron chi connectivity index (χ1n) is 10.1. The van der Waals surface area contributed by atoms with Crippen molar-refractivity contribution in [2.45, 2.75) is 6.61 Å². The van der Waals surface area contributed by atoms with Crippen molar-refractivity contribution in [2.75, 3.05) is 13.2 Å². The van der Waals surface area contributed by atoms with E-state index < -0.39 is 0 Å². The first kappa shape index (κ1) is 23.2. The molecule has 2 amide bonds. The van der Waals surface area contributed by atoms with Crippen molar-refractivity contribution in [1.29, 1.82) is 0 Å². The molecule has 1 heterocycles. The van der Waals surface area contributed by atoms with Gasteiger partial charge in [-0.1, -0.05) is 59.6 Å². The predicted molar refractivity (Wildman–Crippen MR) is 132 cm³/mol. The van der Waals surface area contributed by atoms with E-state index in [4.69, 9.17) is 32.7 Å². The van der Waals surface area contributed by atoms with Crippen molar-refractivity contribution in [3.8, 4) is 11.5 Å². The van der Waals surface area contributed by atoms with Crippen LogP contribution >= 0.6 is 35.0 Å². The van der Waals surface area contributed by atoms with Crippen LogP contribution in [0.4, 0.5) is 4.79 Å². The number of para-hydroxylation sites is 1. The van der Waals surface area contributed by atoms with Crippen LogP contribution < -0.4 is 9.47 Å². The van der Waals surface area contributed by atoms with Crippen molar-refractivity contribution in [2.24, 2.45) is 0 Å². The van der Waals surface area contributed by atoms with Gasteiger partial charge in [-0.2, -0.15) is 0 Å². The van der Waals surface area contributed by atoms with Gasteiger partial charge in [0.25, 0.3) is 11.1 Å². The molecule has 0 atom stereocenters. The molecule has 1 fully saturated rings. The van der Waals surface area contributed by atoms with E-state index in [-0.39, 0.29) is 24.3 Å². The van der Waals surface area contributed by atoms with Crippen molar-refractivity contribution < 1.29 is 19.1 Å². The molecular formula is C25H19Cl2NO4S. The summed E-state index contributed by atoms with van der Waals surface area (Å²) in [6, 6.07) is 21.9. The molecule has 3 aromatic carbocycles. The van der Waals surface area contributed by atoms with Gasteiger partial charge in [0.05, 0.1) is 21.5 Å². The molecule has 1 aliphatic heterocycles. The normalized spacial score (nSPS) is 14.7. The highest BCUT2D eigenvalue weighted by Gasteiger charge is 2.34. The highest BCUT2D eigenvalue weighted by atomic mass is 35.5. The van der Waals surface area contributed by atoms with Gasteiger partial charge >= 0.3 is 0 Å². The van der Waals surface area contributed by atoms with Crippen LogP contribution in [0.5, 0.6) is 11.5 Å². The number of halogens is 2. The second kappa shape index (κ2) is 10.8. The van der Waals surface area contributed by atoms with Gasteiger partial charge in [0.2, 0.25) is 0 Å². The fourth-order valence-electron chi connectivity index (χ4n) is 3.07. The van der Waals surface area contributed by atoms with E-state index in [9.17, 15) is 9.59 Å². The van der Waals surface area contributed by atoms with E-state index in [1.54, 1.807) is 30.3 Å². The highest BCUT2D eigenvalue weighted by Crippen LogP contribution is 2.32. The zero-order chi connectivity index (χ0) is 23.2. The Morgan fingerprint density at radius 1 is 0.848 bits per heavy atom. The summed E-state index contributed by atoms with van der Waals surface area (Å²) in [5.41, 5.74) is 1.70. The Morgan fingerprint density at radius 3 is 2.30 bits per heavy atom. The maximum atomic E-state index is 12.7. The molecule has 0 spiro atoms. The fourth-order valence-corrected chi connectivity index (χ4v) is 4.26. The third kappa shape index (κ3) is 6.11. The van der Waals surface area contributed by atoms with E-state index in [1.807, 2.05) is 48.5 Å². The Hall–Kier alpha value is -2.93. The molecule has 4 rings (SSSR count). The van der Waals surface area contributed by atoms with Crippen LogP contribution in [0.25, 0.3) is 6.08 Å². The second-order valence-corrected chi connectivity index (χ2v) is 8.91. The largest absolute Gasteiger partial charge is 0.492 e. The lowest BCUT2D eigenvalue weighted by Crippen LogP contribution is -2.32. The molecule has 0 radical (unpaired) electrons. The average molecular weight is 500 g/mol. The molecule has 1 saturated heterocycles. The molecule has 8 heteroatoms. The number of amides is 2. The number of benzene rings is 3. The van der Waals surface area contributed by atoms with E-state index in [1.165, 1.54) is 4.90 Å². The van der Waals surface area contributed by atoms with Gasteiger partial charge in [0, 0.05) is 0 Å².